The highest BCUT2D eigenvalue weighted by Gasteiger charge is 2.38. The molecule has 6 heterocycles. The molecule has 3 fully saturated rings. The second kappa shape index (κ2) is 11.5. The van der Waals surface area contributed by atoms with E-state index < -0.39 is 0 Å². The zero-order valence-electron chi connectivity index (χ0n) is 24.0. The van der Waals surface area contributed by atoms with Crippen LogP contribution in [0.15, 0.2) is 53.1 Å². The maximum atomic E-state index is 13.7. The third-order valence-electron chi connectivity index (χ3n) is 9.13. The van der Waals surface area contributed by atoms with E-state index in [0.29, 0.717) is 41.7 Å². The number of nitrogen functional groups attached to an aromatic ring is 1. The van der Waals surface area contributed by atoms with Crippen molar-refractivity contribution in [3.8, 4) is 11.6 Å². The van der Waals surface area contributed by atoms with Gasteiger partial charge >= 0.3 is 6.03 Å². The Balaban J connectivity index is 0.944. The van der Waals surface area contributed by atoms with Crippen LogP contribution in [-0.4, -0.2) is 85.1 Å². The Morgan fingerprint density at radius 3 is 2.26 bits per heavy atom. The predicted octanol–water partition coefficient (Wildman–Crippen LogP) is 3.51. The van der Waals surface area contributed by atoms with Crippen molar-refractivity contribution in [3.63, 3.8) is 0 Å². The molecule has 13 heteroatoms. The quantitative estimate of drug-likeness (QED) is 0.359. The number of furan rings is 1. The van der Waals surface area contributed by atoms with Crippen molar-refractivity contribution in [1.82, 2.24) is 34.4 Å². The third-order valence-corrected chi connectivity index (χ3v) is 9.13. The summed E-state index contributed by atoms with van der Waals surface area (Å²) in [5.41, 5.74) is 7.05. The summed E-state index contributed by atoms with van der Waals surface area (Å²) < 4.78 is 6.80. The topological polar surface area (TPSA) is 151 Å². The number of likely N-dealkylation sites (tertiary alicyclic amines) is 2. The van der Waals surface area contributed by atoms with Gasteiger partial charge in [-0.25, -0.2) is 4.79 Å². The molecule has 7 rings (SSSR count). The van der Waals surface area contributed by atoms with E-state index in [1.165, 1.54) is 4.52 Å². The minimum absolute atomic E-state index is 0.0296. The summed E-state index contributed by atoms with van der Waals surface area (Å²) in [6, 6.07) is 12.8. The van der Waals surface area contributed by atoms with Gasteiger partial charge in [0.15, 0.2) is 5.76 Å². The number of fused-ring (bicyclic) bond motifs is 1. The van der Waals surface area contributed by atoms with Crippen LogP contribution in [0.3, 0.4) is 0 Å². The molecular weight excluding hydrogens is 548 g/mol. The molecule has 3 aliphatic heterocycles. The molecule has 0 bridgehead atoms. The number of hydrogen-bond donors (Lipinski definition) is 2. The third kappa shape index (κ3) is 5.46. The molecule has 3 amide bonds. The summed E-state index contributed by atoms with van der Waals surface area (Å²) in [7, 11) is 0. The zero-order chi connectivity index (χ0) is 29.3. The number of rotatable bonds is 5. The van der Waals surface area contributed by atoms with Crippen molar-refractivity contribution < 1.29 is 14.0 Å². The van der Waals surface area contributed by atoms with E-state index >= 15 is 0 Å². The van der Waals surface area contributed by atoms with Crippen LogP contribution in [0.1, 0.15) is 38.5 Å². The molecule has 0 aliphatic carbocycles. The molecule has 3 saturated heterocycles. The fourth-order valence-electron chi connectivity index (χ4n) is 6.80. The molecule has 1 atom stereocenters. The van der Waals surface area contributed by atoms with Crippen LogP contribution in [0.2, 0.25) is 0 Å². The Labute approximate surface area is 249 Å². The number of carbonyl (C=O) groups is 2. The average Bonchev–Trinajstić information content (AvgIpc) is 3.83. The Bertz CT molecular complexity index is 1570. The Kier molecular flexibility index (Phi) is 7.29. The van der Waals surface area contributed by atoms with Crippen LogP contribution < -0.4 is 16.0 Å². The Hall–Kier alpha value is -4.68. The number of urea groups is 1. The molecule has 3 aromatic heterocycles. The van der Waals surface area contributed by atoms with Crippen LogP contribution >= 0.6 is 0 Å². The van der Waals surface area contributed by atoms with Gasteiger partial charge in [-0.05, 0) is 74.6 Å². The van der Waals surface area contributed by atoms with Crippen molar-refractivity contribution >= 4 is 35.3 Å². The lowest BCUT2D eigenvalue weighted by molar-refractivity contribution is -0.134. The van der Waals surface area contributed by atoms with Crippen LogP contribution in [0.4, 0.5) is 22.4 Å². The summed E-state index contributed by atoms with van der Waals surface area (Å²) in [4.78, 5) is 45.9. The average molecular weight is 585 g/mol. The number of nitrogens with two attached hydrogens (primary N) is 1. The van der Waals surface area contributed by atoms with Gasteiger partial charge in [-0.2, -0.15) is 19.5 Å². The zero-order valence-corrected chi connectivity index (χ0v) is 24.0. The number of piperidine rings is 2. The Morgan fingerprint density at radius 2 is 1.56 bits per heavy atom. The van der Waals surface area contributed by atoms with Gasteiger partial charge in [0.2, 0.25) is 23.6 Å². The number of carbonyl (C=O) groups excluding carboxylic acids is 2. The van der Waals surface area contributed by atoms with Crippen molar-refractivity contribution in [2.24, 2.45) is 11.8 Å². The number of benzene rings is 1. The molecule has 4 aromatic rings. The lowest BCUT2D eigenvalue weighted by atomic mass is 9.78. The smallest absolute Gasteiger partial charge is 0.321 e. The first-order valence-corrected chi connectivity index (χ1v) is 15.1. The van der Waals surface area contributed by atoms with Crippen LogP contribution in [-0.2, 0) is 4.79 Å². The standard InChI is InChI=1S/C30H36N10O3/c31-27-34-28(35-29-33-25(36-40(27)29)24-9-5-19-43-24)39-14-4-8-23(39)26(41)37-15-10-20(11-16-37)21-12-17-38(18-13-21)30(42)32-22-6-2-1-3-7-22/h1-3,5-7,9,19-21,23H,4,8,10-18H2,(H,32,42)(H2,31,33,34,35,36)/t23-/m0/s1. The largest absolute Gasteiger partial charge is 0.461 e. The first kappa shape index (κ1) is 27.2. The second-order valence-electron chi connectivity index (χ2n) is 11.6. The van der Waals surface area contributed by atoms with Gasteiger partial charge in [0.05, 0.1) is 6.26 Å². The number of aromatic nitrogens is 5. The van der Waals surface area contributed by atoms with Crippen LogP contribution in [0.25, 0.3) is 17.4 Å². The molecule has 224 valence electrons. The van der Waals surface area contributed by atoms with Gasteiger partial charge in [0, 0.05) is 38.4 Å². The van der Waals surface area contributed by atoms with Crippen molar-refractivity contribution in [3.05, 3.63) is 48.7 Å². The normalized spacial score (nSPS) is 20.2. The van der Waals surface area contributed by atoms with Crippen molar-refractivity contribution in [1.29, 1.82) is 0 Å². The fourth-order valence-corrected chi connectivity index (χ4v) is 6.80. The van der Waals surface area contributed by atoms with E-state index in [1.807, 2.05) is 45.0 Å². The maximum Gasteiger partial charge on any atom is 0.321 e. The molecule has 0 radical (unpaired) electrons. The van der Waals surface area contributed by atoms with Gasteiger partial charge < -0.3 is 30.2 Å². The minimum atomic E-state index is -0.322. The molecule has 0 saturated carbocycles. The summed E-state index contributed by atoms with van der Waals surface area (Å²) in [5.74, 6) is 3.05. The molecule has 3 N–H and O–H groups in total. The molecule has 1 aromatic carbocycles. The maximum absolute atomic E-state index is 13.7. The molecule has 0 unspecified atom stereocenters. The van der Waals surface area contributed by atoms with Crippen LogP contribution in [0.5, 0.6) is 0 Å². The number of nitrogens with one attached hydrogen (secondary N) is 1. The molecule has 3 aliphatic rings. The molecule has 13 nitrogen and oxygen atoms in total. The van der Waals surface area contributed by atoms with E-state index in [2.05, 4.69) is 25.4 Å². The van der Waals surface area contributed by atoms with E-state index in [9.17, 15) is 9.59 Å². The second-order valence-corrected chi connectivity index (χ2v) is 11.6. The number of hydrogen-bond acceptors (Lipinski definition) is 9. The first-order valence-electron chi connectivity index (χ1n) is 15.1. The highest BCUT2D eigenvalue weighted by atomic mass is 16.3. The van der Waals surface area contributed by atoms with Gasteiger partial charge in [-0.3, -0.25) is 4.79 Å². The predicted molar refractivity (Wildman–Crippen MR) is 160 cm³/mol. The number of amides is 3. The first-order chi connectivity index (χ1) is 21.0. The highest BCUT2D eigenvalue weighted by molar-refractivity contribution is 5.89. The summed E-state index contributed by atoms with van der Waals surface area (Å²) in [5, 5.41) is 7.37. The lowest BCUT2D eigenvalue weighted by Crippen LogP contribution is -2.50. The van der Waals surface area contributed by atoms with Crippen molar-refractivity contribution in [2.75, 3.05) is 48.7 Å². The summed E-state index contributed by atoms with van der Waals surface area (Å²) in [6.07, 6.45) is 7.17. The Morgan fingerprint density at radius 1 is 0.837 bits per heavy atom. The van der Waals surface area contributed by atoms with E-state index in [-0.39, 0.29) is 23.9 Å². The monoisotopic (exact) mass is 584 g/mol. The van der Waals surface area contributed by atoms with Crippen LogP contribution in [0, 0.1) is 11.8 Å². The number of anilines is 3. The van der Waals surface area contributed by atoms with E-state index in [0.717, 1.165) is 70.4 Å². The number of para-hydroxylation sites is 1. The number of nitrogens with zero attached hydrogens (tertiary/aromatic N) is 8. The van der Waals surface area contributed by atoms with Gasteiger partial charge in [-0.15, -0.1) is 5.10 Å². The molecular formula is C30H36N10O3. The summed E-state index contributed by atoms with van der Waals surface area (Å²) in [6.45, 7) is 3.71. The van der Waals surface area contributed by atoms with Gasteiger partial charge in [0.1, 0.15) is 6.04 Å². The molecule has 43 heavy (non-hydrogen) atoms. The fraction of sp³-hybridized carbons (Fsp3) is 0.467. The minimum Gasteiger partial charge on any atom is -0.461 e. The summed E-state index contributed by atoms with van der Waals surface area (Å²) >= 11 is 0. The van der Waals surface area contributed by atoms with E-state index in [4.69, 9.17) is 10.2 Å². The lowest BCUT2D eigenvalue weighted by Gasteiger charge is -2.41. The highest BCUT2D eigenvalue weighted by Crippen LogP contribution is 2.34. The van der Waals surface area contributed by atoms with Gasteiger partial charge in [0.25, 0.3) is 5.78 Å². The molecule has 0 spiro atoms. The SMILES string of the molecule is Nc1nc(N2CCC[C@H]2C(=O)N2CCC(C3CCN(C(=O)Nc4ccccc4)CC3)CC2)nc2nc(-c3ccco3)nn12. The van der Waals surface area contributed by atoms with Crippen molar-refractivity contribution in [2.45, 2.75) is 44.6 Å². The van der Waals surface area contributed by atoms with E-state index in [1.54, 1.807) is 18.4 Å². The van der Waals surface area contributed by atoms with Gasteiger partial charge in [-0.1, -0.05) is 18.2 Å².